The van der Waals surface area contributed by atoms with Gasteiger partial charge in [0.25, 0.3) is 0 Å². The maximum absolute atomic E-state index is 14.2. The first kappa shape index (κ1) is 23.3. The van der Waals surface area contributed by atoms with Gasteiger partial charge in [-0.1, -0.05) is 30.3 Å². The number of halogens is 6. The Balaban J connectivity index is 1.98. The van der Waals surface area contributed by atoms with Crippen molar-refractivity contribution < 1.29 is 26.3 Å². The predicted octanol–water partition coefficient (Wildman–Crippen LogP) is 8.83. The van der Waals surface area contributed by atoms with Gasteiger partial charge in [-0.05, 0) is 65.4 Å². The first-order valence-corrected chi connectivity index (χ1v) is 11.4. The summed E-state index contributed by atoms with van der Waals surface area (Å²) in [5.41, 5.74) is -3.71. The summed E-state index contributed by atoms with van der Waals surface area (Å²) in [6, 6.07) is 14.9. The molecule has 2 nitrogen and oxygen atoms in total. The van der Waals surface area contributed by atoms with Crippen LogP contribution in [0, 0.1) is 13.8 Å². The van der Waals surface area contributed by atoms with Gasteiger partial charge in [0.2, 0.25) is 0 Å². The Morgan fingerprint density at radius 2 is 1.31 bits per heavy atom. The molecule has 35 heavy (non-hydrogen) atoms. The fourth-order valence-corrected chi connectivity index (χ4v) is 5.07. The van der Waals surface area contributed by atoms with Crippen molar-refractivity contribution in [3.63, 3.8) is 0 Å². The Labute approximate surface area is 199 Å². The van der Waals surface area contributed by atoms with Crippen LogP contribution in [0.2, 0.25) is 0 Å². The van der Waals surface area contributed by atoms with Crippen LogP contribution in [0.15, 0.2) is 60.0 Å². The van der Waals surface area contributed by atoms with Crippen molar-refractivity contribution in [2.24, 2.45) is 0 Å². The van der Waals surface area contributed by atoms with Gasteiger partial charge in [-0.15, -0.1) is 21.5 Å². The van der Waals surface area contributed by atoms with Crippen LogP contribution in [0.1, 0.15) is 22.3 Å². The summed E-state index contributed by atoms with van der Waals surface area (Å²) in [5, 5.41) is 12.6. The Morgan fingerprint density at radius 3 is 1.86 bits per heavy atom. The van der Waals surface area contributed by atoms with Gasteiger partial charge < -0.3 is 0 Å². The summed E-state index contributed by atoms with van der Waals surface area (Å²) in [6.07, 6.45) is -10.5. The quantitative estimate of drug-likeness (QED) is 0.178. The lowest BCUT2D eigenvalue weighted by molar-refractivity contribution is -0.161. The third-order valence-corrected chi connectivity index (χ3v) is 6.95. The Hall–Kier alpha value is -3.46. The third-order valence-electron chi connectivity index (χ3n) is 6.07. The minimum absolute atomic E-state index is 0.0676. The molecular formula is C26H16F6N2S. The lowest BCUT2D eigenvalue weighted by Gasteiger charge is -2.23. The van der Waals surface area contributed by atoms with E-state index in [1.807, 2.05) is 29.6 Å². The molecule has 0 atom stereocenters. The molecule has 0 aliphatic rings. The zero-order chi connectivity index (χ0) is 25.1. The highest BCUT2D eigenvalue weighted by Crippen LogP contribution is 2.48. The predicted molar refractivity (Wildman–Crippen MR) is 125 cm³/mol. The molecule has 0 bridgehead atoms. The molecule has 3 aromatic carbocycles. The summed E-state index contributed by atoms with van der Waals surface area (Å²) in [5.74, 6) is 0. The number of hydrogen-bond donors (Lipinski definition) is 0. The van der Waals surface area contributed by atoms with Crippen LogP contribution < -0.4 is 0 Å². The number of fused-ring (bicyclic) bond motifs is 2. The third kappa shape index (κ3) is 3.93. The van der Waals surface area contributed by atoms with Crippen LogP contribution in [-0.2, 0) is 12.4 Å². The molecule has 178 valence electrons. The fraction of sp³-hybridized carbons (Fsp3) is 0.154. The largest absolute Gasteiger partial charge is 0.417 e. The van der Waals surface area contributed by atoms with E-state index in [4.69, 9.17) is 0 Å². The molecule has 0 fully saturated rings. The normalized spacial score (nSPS) is 12.6. The van der Waals surface area contributed by atoms with Crippen molar-refractivity contribution >= 4 is 32.9 Å². The number of thiophene rings is 1. The van der Waals surface area contributed by atoms with Crippen molar-refractivity contribution in [1.29, 1.82) is 0 Å². The molecule has 5 rings (SSSR count). The van der Waals surface area contributed by atoms with Crippen LogP contribution in [-0.4, -0.2) is 10.2 Å². The molecule has 2 aromatic heterocycles. The van der Waals surface area contributed by atoms with Gasteiger partial charge in [0.05, 0.1) is 16.0 Å². The molecular weight excluding hydrogens is 486 g/mol. The highest BCUT2D eigenvalue weighted by atomic mass is 32.1. The maximum atomic E-state index is 14.2. The highest BCUT2D eigenvalue weighted by molar-refractivity contribution is 7.13. The van der Waals surface area contributed by atoms with Crippen LogP contribution in [0.4, 0.5) is 26.3 Å². The number of alkyl halides is 6. The molecule has 0 N–H and O–H groups in total. The first-order chi connectivity index (χ1) is 16.5. The molecule has 0 saturated heterocycles. The molecule has 0 spiro atoms. The number of benzene rings is 3. The standard InChI is InChI=1S/C26H16F6N2S/c1-13-10-19(25(27,28)29)22(26(30,31)32)21(14(13)2)24-18-12-16-7-4-3-6-15(16)11-17(18)23(33-34-24)20-8-5-9-35-20/h3-12H,1-2H3. The second kappa shape index (κ2) is 8.05. The fourth-order valence-electron chi connectivity index (χ4n) is 4.35. The van der Waals surface area contributed by atoms with Crippen molar-refractivity contribution in [3.05, 3.63) is 82.2 Å². The molecule has 0 saturated carbocycles. The number of aryl methyl sites for hydroxylation is 1. The second-order valence-electron chi connectivity index (χ2n) is 8.23. The van der Waals surface area contributed by atoms with Crippen LogP contribution in [0.25, 0.3) is 43.4 Å². The summed E-state index contributed by atoms with van der Waals surface area (Å²) in [6.45, 7) is 2.74. The van der Waals surface area contributed by atoms with E-state index in [0.29, 0.717) is 22.5 Å². The number of nitrogens with zero attached hydrogens (tertiary/aromatic N) is 2. The zero-order valence-corrected chi connectivity index (χ0v) is 19.2. The molecule has 0 unspecified atom stereocenters. The summed E-state index contributed by atoms with van der Waals surface area (Å²) in [7, 11) is 0. The van der Waals surface area contributed by atoms with Crippen molar-refractivity contribution in [3.8, 4) is 21.8 Å². The maximum Gasteiger partial charge on any atom is 0.417 e. The van der Waals surface area contributed by atoms with E-state index < -0.39 is 29.0 Å². The number of aromatic nitrogens is 2. The van der Waals surface area contributed by atoms with Crippen LogP contribution >= 0.6 is 11.3 Å². The Bertz CT molecular complexity index is 1580. The van der Waals surface area contributed by atoms with Crippen molar-refractivity contribution in [1.82, 2.24) is 10.2 Å². The number of rotatable bonds is 2. The Kier molecular flexibility index (Phi) is 5.36. The van der Waals surface area contributed by atoms with E-state index in [9.17, 15) is 26.3 Å². The molecule has 0 aliphatic heterocycles. The minimum Gasteiger partial charge on any atom is -0.166 e. The summed E-state index contributed by atoms with van der Waals surface area (Å²) >= 11 is 1.39. The topological polar surface area (TPSA) is 25.8 Å². The van der Waals surface area contributed by atoms with Crippen molar-refractivity contribution in [2.75, 3.05) is 0 Å². The lowest BCUT2D eigenvalue weighted by atomic mass is 9.88. The zero-order valence-electron chi connectivity index (χ0n) is 18.3. The van der Waals surface area contributed by atoms with Gasteiger partial charge >= 0.3 is 12.4 Å². The van der Waals surface area contributed by atoms with Gasteiger partial charge in [0.15, 0.2) is 0 Å². The van der Waals surface area contributed by atoms with Gasteiger partial charge in [-0.25, -0.2) is 0 Å². The molecule has 0 radical (unpaired) electrons. The van der Waals surface area contributed by atoms with Gasteiger partial charge in [0, 0.05) is 16.3 Å². The average Bonchev–Trinajstić information content (AvgIpc) is 3.32. The van der Waals surface area contributed by atoms with Gasteiger partial charge in [0.1, 0.15) is 11.4 Å². The molecule has 0 amide bonds. The molecule has 5 aromatic rings. The molecule has 9 heteroatoms. The molecule has 0 aliphatic carbocycles. The van der Waals surface area contributed by atoms with E-state index in [0.717, 1.165) is 15.6 Å². The first-order valence-electron chi connectivity index (χ1n) is 10.5. The van der Waals surface area contributed by atoms with Gasteiger partial charge in [-0.2, -0.15) is 26.3 Å². The molecule has 2 heterocycles. The summed E-state index contributed by atoms with van der Waals surface area (Å²) < 4.78 is 84.2. The monoisotopic (exact) mass is 502 g/mol. The van der Waals surface area contributed by atoms with Crippen molar-refractivity contribution in [2.45, 2.75) is 26.2 Å². The SMILES string of the molecule is Cc1cc(C(F)(F)F)c(C(F)(F)F)c(-c2nnc(-c3cccs3)c3cc4ccccc4cc23)c1C. The Morgan fingerprint density at radius 1 is 0.714 bits per heavy atom. The highest BCUT2D eigenvalue weighted by Gasteiger charge is 2.46. The van der Waals surface area contributed by atoms with Crippen LogP contribution in [0.5, 0.6) is 0 Å². The van der Waals surface area contributed by atoms with E-state index in [-0.39, 0.29) is 16.8 Å². The van der Waals surface area contributed by atoms with Crippen LogP contribution in [0.3, 0.4) is 0 Å². The van der Waals surface area contributed by atoms with E-state index in [2.05, 4.69) is 10.2 Å². The second-order valence-corrected chi connectivity index (χ2v) is 9.18. The van der Waals surface area contributed by atoms with E-state index >= 15 is 0 Å². The lowest BCUT2D eigenvalue weighted by Crippen LogP contribution is -2.19. The van der Waals surface area contributed by atoms with E-state index in [1.54, 1.807) is 24.3 Å². The minimum atomic E-state index is -5.27. The smallest absolute Gasteiger partial charge is 0.166 e. The van der Waals surface area contributed by atoms with E-state index in [1.165, 1.54) is 25.2 Å². The summed E-state index contributed by atoms with van der Waals surface area (Å²) in [4.78, 5) is 0.748. The number of hydrogen-bond acceptors (Lipinski definition) is 3. The average molecular weight is 502 g/mol. The van der Waals surface area contributed by atoms with Gasteiger partial charge in [-0.3, -0.25) is 0 Å².